The molecule has 0 unspecified atom stereocenters. The third-order valence-electron chi connectivity index (χ3n) is 2.52. The number of rotatable bonds is 5. The van der Waals surface area contributed by atoms with Crippen LogP contribution in [-0.2, 0) is 6.42 Å². The van der Waals surface area contributed by atoms with Gasteiger partial charge in [-0.25, -0.2) is 4.98 Å². The van der Waals surface area contributed by atoms with Gasteiger partial charge in [-0.1, -0.05) is 0 Å². The minimum absolute atomic E-state index is 0.445. The summed E-state index contributed by atoms with van der Waals surface area (Å²) in [4.78, 5) is 15.3. The second-order valence-corrected chi connectivity index (χ2v) is 4.54. The fourth-order valence-electron chi connectivity index (χ4n) is 1.55. The van der Waals surface area contributed by atoms with E-state index in [1.807, 2.05) is 5.38 Å². The van der Waals surface area contributed by atoms with Gasteiger partial charge in [0.25, 0.3) is 0 Å². The molecule has 0 aliphatic heterocycles. The highest BCUT2D eigenvalue weighted by Gasteiger charge is 2.05. The lowest BCUT2D eigenvalue weighted by molar-refractivity contribution is 0.100. The SMILES string of the molecule is NC(=O)c1ccc(N)c(NCCc2cscn2)c1. The first-order valence-corrected chi connectivity index (χ1v) is 6.41. The van der Waals surface area contributed by atoms with Gasteiger partial charge in [0.1, 0.15) is 0 Å². The smallest absolute Gasteiger partial charge is 0.248 e. The summed E-state index contributed by atoms with van der Waals surface area (Å²) in [7, 11) is 0. The highest BCUT2D eigenvalue weighted by atomic mass is 32.1. The van der Waals surface area contributed by atoms with Gasteiger partial charge in [0.2, 0.25) is 5.91 Å². The number of primary amides is 1. The van der Waals surface area contributed by atoms with Crippen LogP contribution in [0.5, 0.6) is 0 Å². The molecule has 0 atom stereocenters. The Hall–Kier alpha value is -2.08. The molecule has 0 spiro atoms. The third kappa shape index (κ3) is 2.98. The van der Waals surface area contributed by atoms with Gasteiger partial charge in [-0.15, -0.1) is 11.3 Å². The molecular weight excluding hydrogens is 248 g/mol. The molecule has 94 valence electrons. The number of nitrogen functional groups attached to an aromatic ring is 1. The van der Waals surface area contributed by atoms with Crippen LogP contribution in [-0.4, -0.2) is 17.4 Å². The first-order valence-electron chi connectivity index (χ1n) is 5.47. The number of nitrogens with one attached hydrogen (secondary N) is 1. The summed E-state index contributed by atoms with van der Waals surface area (Å²) in [6.45, 7) is 0.705. The van der Waals surface area contributed by atoms with Crippen molar-refractivity contribution in [3.8, 4) is 0 Å². The van der Waals surface area contributed by atoms with Crippen molar-refractivity contribution in [3.05, 3.63) is 40.3 Å². The van der Waals surface area contributed by atoms with Crippen molar-refractivity contribution in [3.63, 3.8) is 0 Å². The molecule has 0 aliphatic carbocycles. The zero-order valence-electron chi connectivity index (χ0n) is 9.72. The Labute approximate surface area is 109 Å². The lowest BCUT2D eigenvalue weighted by atomic mass is 10.1. The van der Waals surface area contributed by atoms with Gasteiger partial charge in [0.15, 0.2) is 0 Å². The predicted octanol–water partition coefficient (Wildman–Crippen LogP) is 1.48. The van der Waals surface area contributed by atoms with Crippen molar-refractivity contribution in [1.82, 2.24) is 4.98 Å². The molecule has 0 saturated heterocycles. The second-order valence-electron chi connectivity index (χ2n) is 3.82. The van der Waals surface area contributed by atoms with Crippen LogP contribution in [0.25, 0.3) is 0 Å². The van der Waals surface area contributed by atoms with Crippen LogP contribution in [0.15, 0.2) is 29.1 Å². The Morgan fingerprint density at radius 2 is 2.28 bits per heavy atom. The molecule has 0 aliphatic rings. The highest BCUT2D eigenvalue weighted by Crippen LogP contribution is 2.19. The molecule has 2 aromatic rings. The van der Waals surface area contributed by atoms with Crippen LogP contribution in [0.1, 0.15) is 16.1 Å². The number of benzene rings is 1. The molecule has 1 aromatic carbocycles. The fraction of sp³-hybridized carbons (Fsp3) is 0.167. The average Bonchev–Trinajstić information content (AvgIpc) is 2.84. The topological polar surface area (TPSA) is 94.0 Å². The zero-order chi connectivity index (χ0) is 13.0. The molecule has 1 amide bonds. The van der Waals surface area contributed by atoms with E-state index in [9.17, 15) is 4.79 Å². The van der Waals surface area contributed by atoms with E-state index < -0.39 is 5.91 Å². The number of carbonyl (C=O) groups excluding carboxylic acids is 1. The van der Waals surface area contributed by atoms with Crippen LogP contribution < -0.4 is 16.8 Å². The van der Waals surface area contributed by atoms with E-state index in [1.165, 1.54) is 0 Å². The highest BCUT2D eigenvalue weighted by molar-refractivity contribution is 7.07. The first-order chi connectivity index (χ1) is 8.66. The van der Waals surface area contributed by atoms with Crippen LogP contribution in [0.3, 0.4) is 0 Å². The van der Waals surface area contributed by atoms with Gasteiger partial charge >= 0.3 is 0 Å². The van der Waals surface area contributed by atoms with Gasteiger partial charge in [-0.05, 0) is 18.2 Å². The number of amides is 1. The summed E-state index contributed by atoms with van der Waals surface area (Å²) in [5, 5.41) is 5.18. The summed E-state index contributed by atoms with van der Waals surface area (Å²) in [5.41, 5.74) is 15.6. The number of thiazole rings is 1. The summed E-state index contributed by atoms with van der Waals surface area (Å²) in [6.07, 6.45) is 0.809. The van der Waals surface area contributed by atoms with Crippen molar-refractivity contribution >= 4 is 28.6 Å². The Kier molecular flexibility index (Phi) is 3.78. The summed E-state index contributed by atoms with van der Waals surface area (Å²) >= 11 is 1.57. The zero-order valence-corrected chi connectivity index (χ0v) is 10.5. The van der Waals surface area contributed by atoms with Crippen molar-refractivity contribution in [2.75, 3.05) is 17.6 Å². The van der Waals surface area contributed by atoms with E-state index in [0.29, 0.717) is 17.8 Å². The maximum Gasteiger partial charge on any atom is 0.248 e. The van der Waals surface area contributed by atoms with E-state index >= 15 is 0 Å². The minimum atomic E-state index is -0.461. The normalized spacial score (nSPS) is 10.2. The molecule has 18 heavy (non-hydrogen) atoms. The minimum Gasteiger partial charge on any atom is -0.397 e. The lowest BCUT2D eigenvalue weighted by Crippen LogP contribution is -2.13. The quantitative estimate of drug-likeness (QED) is 0.711. The van der Waals surface area contributed by atoms with Crippen molar-refractivity contribution < 1.29 is 4.79 Å². The van der Waals surface area contributed by atoms with E-state index in [0.717, 1.165) is 17.8 Å². The maximum atomic E-state index is 11.1. The Morgan fingerprint density at radius 1 is 1.44 bits per heavy atom. The van der Waals surface area contributed by atoms with E-state index in [4.69, 9.17) is 11.5 Å². The summed E-state index contributed by atoms with van der Waals surface area (Å²) < 4.78 is 0. The third-order valence-corrected chi connectivity index (χ3v) is 3.15. The first kappa shape index (κ1) is 12.4. The second kappa shape index (κ2) is 5.50. The number of nitrogens with two attached hydrogens (primary N) is 2. The Morgan fingerprint density at radius 3 is 2.94 bits per heavy atom. The molecule has 0 saturated carbocycles. The number of nitrogens with zero attached hydrogens (tertiary/aromatic N) is 1. The molecule has 5 nitrogen and oxygen atoms in total. The van der Waals surface area contributed by atoms with Crippen LogP contribution in [0.4, 0.5) is 11.4 Å². The monoisotopic (exact) mass is 262 g/mol. The van der Waals surface area contributed by atoms with Gasteiger partial charge < -0.3 is 16.8 Å². The molecule has 1 aromatic heterocycles. The molecule has 5 N–H and O–H groups in total. The summed E-state index contributed by atoms with van der Waals surface area (Å²) in [6, 6.07) is 4.95. The number of hydrogen-bond donors (Lipinski definition) is 3. The molecule has 2 rings (SSSR count). The number of hydrogen-bond acceptors (Lipinski definition) is 5. The fourth-order valence-corrected chi connectivity index (χ4v) is 2.14. The number of aromatic nitrogens is 1. The van der Waals surface area contributed by atoms with E-state index in [-0.39, 0.29) is 0 Å². The van der Waals surface area contributed by atoms with Crippen molar-refractivity contribution in [2.45, 2.75) is 6.42 Å². The van der Waals surface area contributed by atoms with Crippen LogP contribution >= 0.6 is 11.3 Å². The largest absolute Gasteiger partial charge is 0.397 e. The molecule has 1 heterocycles. The average molecular weight is 262 g/mol. The standard InChI is InChI=1S/C12H14N4OS/c13-10-2-1-8(12(14)17)5-11(10)15-4-3-9-6-18-7-16-9/h1-2,5-7,15H,3-4,13H2,(H2,14,17). The maximum absolute atomic E-state index is 11.1. The molecule has 6 heteroatoms. The van der Waals surface area contributed by atoms with E-state index in [2.05, 4.69) is 10.3 Å². The van der Waals surface area contributed by atoms with Gasteiger partial charge in [-0.3, -0.25) is 4.79 Å². The van der Waals surface area contributed by atoms with Crippen LogP contribution in [0, 0.1) is 0 Å². The van der Waals surface area contributed by atoms with Gasteiger partial charge in [0, 0.05) is 23.9 Å². The molecular formula is C12H14N4OS. The number of carbonyl (C=O) groups is 1. The van der Waals surface area contributed by atoms with Crippen LogP contribution in [0.2, 0.25) is 0 Å². The lowest BCUT2D eigenvalue weighted by Gasteiger charge is -2.09. The summed E-state index contributed by atoms with van der Waals surface area (Å²) in [5.74, 6) is -0.461. The Bertz CT molecular complexity index is 539. The molecule has 0 fully saturated rings. The molecule has 0 radical (unpaired) electrons. The van der Waals surface area contributed by atoms with Crippen molar-refractivity contribution in [1.29, 1.82) is 0 Å². The van der Waals surface area contributed by atoms with Gasteiger partial charge in [-0.2, -0.15) is 0 Å². The number of anilines is 2. The van der Waals surface area contributed by atoms with Gasteiger partial charge in [0.05, 0.1) is 22.6 Å². The molecule has 0 bridgehead atoms. The van der Waals surface area contributed by atoms with Crippen molar-refractivity contribution in [2.24, 2.45) is 5.73 Å². The predicted molar refractivity (Wildman–Crippen MR) is 73.7 cm³/mol. The van der Waals surface area contributed by atoms with E-state index in [1.54, 1.807) is 35.0 Å². The Balaban J connectivity index is 2.00.